The van der Waals surface area contributed by atoms with Crippen LogP contribution in [-0.4, -0.2) is 39.6 Å². The first-order valence-electron chi connectivity index (χ1n) is 6.59. The summed E-state index contributed by atoms with van der Waals surface area (Å²) in [5, 5.41) is 11.8. The largest absolute Gasteiger partial charge is 0.481 e. The van der Waals surface area contributed by atoms with Gasteiger partial charge in [-0.15, -0.1) is 11.3 Å². The summed E-state index contributed by atoms with van der Waals surface area (Å²) >= 11 is 2.49. The van der Waals surface area contributed by atoms with E-state index in [1.165, 1.54) is 11.3 Å². The number of hydrogen-bond acceptors (Lipinski definition) is 6. The number of ether oxygens (including phenoxy) is 1. The molecule has 0 radical (unpaired) electrons. The molecule has 2 aromatic rings. The number of carboxylic acid groups (broad SMARTS) is 1. The van der Waals surface area contributed by atoms with Gasteiger partial charge in [-0.05, 0) is 24.3 Å². The number of fused-ring (bicyclic) bond motifs is 1. The van der Waals surface area contributed by atoms with Gasteiger partial charge in [-0.2, -0.15) is 0 Å². The van der Waals surface area contributed by atoms with Crippen LogP contribution in [0.1, 0.15) is 18.9 Å². The minimum Gasteiger partial charge on any atom is -0.481 e. The van der Waals surface area contributed by atoms with Gasteiger partial charge in [0.1, 0.15) is 4.83 Å². The van der Waals surface area contributed by atoms with Crippen LogP contribution >= 0.6 is 23.1 Å². The van der Waals surface area contributed by atoms with Crippen molar-refractivity contribution in [3.05, 3.63) is 21.8 Å². The summed E-state index contributed by atoms with van der Waals surface area (Å²) in [5.41, 5.74) is -0.0824. The third-order valence-corrected chi connectivity index (χ3v) is 5.12. The second-order valence-electron chi connectivity index (χ2n) is 4.73. The molecule has 1 aliphatic heterocycles. The summed E-state index contributed by atoms with van der Waals surface area (Å²) in [6.45, 7) is 1.23. The van der Waals surface area contributed by atoms with Gasteiger partial charge in [0.25, 0.3) is 5.56 Å². The van der Waals surface area contributed by atoms with Crippen molar-refractivity contribution in [2.24, 2.45) is 0 Å². The van der Waals surface area contributed by atoms with E-state index in [1.54, 1.807) is 10.6 Å². The van der Waals surface area contributed by atoms with Gasteiger partial charge >= 0.3 is 5.97 Å². The van der Waals surface area contributed by atoms with Crippen LogP contribution < -0.4 is 5.56 Å². The number of carboxylic acids is 1. The fourth-order valence-corrected chi connectivity index (χ4v) is 3.99. The molecule has 3 heterocycles. The first-order valence-corrected chi connectivity index (χ1v) is 8.45. The predicted molar refractivity (Wildman–Crippen MR) is 81.3 cm³/mol. The summed E-state index contributed by atoms with van der Waals surface area (Å²) in [5.74, 6) is -1.02. The van der Waals surface area contributed by atoms with E-state index in [9.17, 15) is 9.59 Å². The van der Waals surface area contributed by atoms with Gasteiger partial charge in [0.2, 0.25) is 0 Å². The van der Waals surface area contributed by atoms with E-state index < -0.39 is 5.97 Å². The van der Waals surface area contributed by atoms with E-state index in [0.717, 1.165) is 24.6 Å². The lowest BCUT2D eigenvalue weighted by Gasteiger charge is -2.25. The van der Waals surface area contributed by atoms with Crippen molar-refractivity contribution in [2.75, 3.05) is 19.0 Å². The lowest BCUT2D eigenvalue weighted by atomic mass is 10.1. The molecule has 21 heavy (non-hydrogen) atoms. The SMILES string of the molecule is O=C(O)CSc1nc2sccc2c(=O)n1C1CCOCC1. The van der Waals surface area contributed by atoms with Crippen LogP contribution in [0.2, 0.25) is 0 Å². The van der Waals surface area contributed by atoms with Crippen LogP contribution in [0.25, 0.3) is 10.2 Å². The second-order valence-corrected chi connectivity index (χ2v) is 6.57. The number of thioether (sulfide) groups is 1. The highest BCUT2D eigenvalue weighted by atomic mass is 32.2. The van der Waals surface area contributed by atoms with Crippen molar-refractivity contribution in [1.29, 1.82) is 0 Å². The van der Waals surface area contributed by atoms with Gasteiger partial charge in [0.05, 0.1) is 11.1 Å². The zero-order chi connectivity index (χ0) is 14.8. The molecular formula is C13H14N2O4S2. The number of nitrogens with zero attached hydrogens (tertiary/aromatic N) is 2. The minimum atomic E-state index is -0.918. The van der Waals surface area contributed by atoms with Crippen LogP contribution in [0.5, 0.6) is 0 Å². The summed E-state index contributed by atoms with van der Waals surface area (Å²) in [7, 11) is 0. The molecule has 3 rings (SSSR count). The summed E-state index contributed by atoms with van der Waals surface area (Å²) < 4.78 is 6.99. The van der Waals surface area contributed by atoms with Crippen LogP contribution in [0.15, 0.2) is 21.4 Å². The molecule has 0 unspecified atom stereocenters. The van der Waals surface area contributed by atoms with Crippen molar-refractivity contribution in [2.45, 2.75) is 24.0 Å². The van der Waals surface area contributed by atoms with E-state index in [1.807, 2.05) is 5.38 Å². The summed E-state index contributed by atoms with van der Waals surface area (Å²) in [4.78, 5) is 28.6. The molecule has 0 saturated carbocycles. The highest BCUT2D eigenvalue weighted by Gasteiger charge is 2.22. The van der Waals surface area contributed by atoms with Gasteiger partial charge in [-0.3, -0.25) is 14.2 Å². The average Bonchev–Trinajstić information content (AvgIpc) is 2.95. The molecule has 0 aromatic carbocycles. The van der Waals surface area contributed by atoms with Gasteiger partial charge in [0, 0.05) is 19.3 Å². The highest BCUT2D eigenvalue weighted by molar-refractivity contribution is 7.99. The maximum atomic E-state index is 12.7. The number of thiophene rings is 1. The third kappa shape index (κ3) is 2.97. The molecule has 1 fully saturated rings. The molecule has 0 aliphatic carbocycles. The number of hydrogen-bond donors (Lipinski definition) is 1. The van der Waals surface area contributed by atoms with E-state index in [-0.39, 0.29) is 17.4 Å². The molecule has 0 amide bonds. The van der Waals surface area contributed by atoms with E-state index in [2.05, 4.69) is 4.98 Å². The van der Waals surface area contributed by atoms with Crippen molar-refractivity contribution in [3.63, 3.8) is 0 Å². The molecule has 6 nitrogen and oxygen atoms in total. The van der Waals surface area contributed by atoms with Gasteiger partial charge < -0.3 is 9.84 Å². The molecule has 2 aromatic heterocycles. The molecule has 0 spiro atoms. The molecule has 0 atom stereocenters. The zero-order valence-corrected chi connectivity index (χ0v) is 12.8. The van der Waals surface area contributed by atoms with Gasteiger partial charge in [-0.25, -0.2) is 4.98 Å². The predicted octanol–water partition coefficient (Wildman–Crippen LogP) is 1.99. The maximum Gasteiger partial charge on any atom is 0.313 e. The smallest absolute Gasteiger partial charge is 0.313 e. The molecule has 1 aliphatic rings. The number of carbonyl (C=O) groups is 1. The Bertz CT molecular complexity index is 719. The van der Waals surface area contributed by atoms with Crippen molar-refractivity contribution >= 4 is 39.3 Å². The van der Waals surface area contributed by atoms with Gasteiger partial charge in [-0.1, -0.05) is 11.8 Å². The second kappa shape index (κ2) is 6.17. The molecule has 0 bridgehead atoms. The summed E-state index contributed by atoms with van der Waals surface area (Å²) in [6.07, 6.45) is 1.50. The van der Waals surface area contributed by atoms with Crippen molar-refractivity contribution < 1.29 is 14.6 Å². The molecule has 1 N–H and O–H groups in total. The Morgan fingerprint density at radius 2 is 2.29 bits per heavy atom. The lowest BCUT2D eigenvalue weighted by molar-refractivity contribution is -0.133. The molecule has 8 heteroatoms. The Labute approximate surface area is 128 Å². The summed E-state index contributed by atoms with van der Waals surface area (Å²) in [6, 6.07) is 1.80. The number of rotatable bonds is 4. The van der Waals surface area contributed by atoms with Crippen LogP contribution in [0.3, 0.4) is 0 Å². The average molecular weight is 326 g/mol. The standard InChI is InChI=1S/C13H14N2O4S2/c16-10(17)7-21-13-14-11-9(3-6-20-11)12(18)15(13)8-1-4-19-5-2-8/h3,6,8H,1-2,4-5,7H2,(H,16,17). The van der Waals surface area contributed by atoms with Gasteiger partial charge in [0.15, 0.2) is 5.16 Å². The highest BCUT2D eigenvalue weighted by Crippen LogP contribution is 2.27. The Kier molecular flexibility index (Phi) is 4.27. The van der Waals surface area contributed by atoms with E-state index in [0.29, 0.717) is 28.6 Å². The molecule has 112 valence electrons. The van der Waals surface area contributed by atoms with Crippen molar-refractivity contribution in [1.82, 2.24) is 9.55 Å². The van der Waals surface area contributed by atoms with E-state index in [4.69, 9.17) is 9.84 Å². The van der Waals surface area contributed by atoms with Crippen LogP contribution in [0.4, 0.5) is 0 Å². The monoisotopic (exact) mass is 326 g/mol. The number of aliphatic carboxylic acids is 1. The van der Waals surface area contributed by atoms with Crippen molar-refractivity contribution in [3.8, 4) is 0 Å². The first kappa shape index (κ1) is 14.6. The zero-order valence-electron chi connectivity index (χ0n) is 11.2. The maximum absolute atomic E-state index is 12.7. The third-order valence-electron chi connectivity index (χ3n) is 3.38. The number of aromatic nitrogens is 2. The molecule has 1 saturated heterocycles. The first-order chi connectivity index (χ1) is 10.2. The Morgan fingerprint density at radius 3 is 3.00 bits per heavy atom. The minimum absolute atomic E-state index is 0.0272. The van der Waals surface area contributed by atoms with E-state index >= 15 is 0 Å². The van der Waals surface area contributed by atoms with Crippen LogP contribution in [0, 0.1) is 0 Å². The fourth-order valence-electron chi connectivity index (χ4n) is 2.40. The normalized spacial score (nSPS) is 16.4. The van der Waals surface area contributed by atoms with Crippen LogP contribution in [-0.2, 0) is 9.53 Å². The lowest BCUT2D eigenvalue weighted by Crippen LogP contribution is -2.31. The Balaban J connectivity index is 2.08. The Morgan fingerprint density at radius 1 is 1.52 bits per heavy atom. The fraction of sp³-hybridized carbons (Fsp3) is 0.462. The quantitative estimate of drug-likeness (QED) is 0.683. The topological polar surface area (TPSA) is 81.4 Å². The molecular weight excluding hydrogens is 312 g/mol. The Hall–Kier alpha value is -1.38.